The largest absolute Gasteiger partial charge is 0.371 e. The lowest BCUT2D eigenvalue weighted by atomic mass is 9.82. The van der Waals surface area contributed by atoms with E-state index >= 15 is 0 Å². The average Bonchev–Trinajstić information content (AvgIpc) is 2.38. The van der Waals surface area contributed by atoms with E-state index in [1.807, 2.05) is 0 Å². The summed E-state index contributed by atoms with van der Waals surface area (Å²) in [4.78, 5) is 1.36. The Morgan fingerprint density at radius 1 is 1.64 bits per heavy atom. The molecule has 2 heteroatoms. The Labute approximate surface area is 71.0 Å². The van der Waals surface area contributed by atoms with Gasteiger partial charge in [-0.15, -0.1) is 11.3 Å². The van der Waals surface area contributed by atoms with Gasteiger partial charge in [-0.2, -0.15) is 0 Å². The zero-order valence-corrected chi connectivity index (χ0v) is 7.65. The molecule has 11 heavy (non-hydrogen) atoms. The maximum atomic E-state index is 5.50. The second-order valence-electron chi connectivity index (χ2n) is 3.70. The molecule has 1 saturated heterocycles. The summed E-state index contributed by atoms with van der Waals surface area (Å²) < 4.78 is 5.50. The smallest absolute Gasteiger partial charge is 0.0989 e. The van der Waals surface area contributed by atoms with Gasteiger partial charge in [0.25, 0.3) is 0 Å². The lowest BCUT2D eigenvalue weighted by Gasteiger charge is -2.43. The molecule has 1 atom stereocenters. The summed E-state index contributed by atoms with van der Waals surface area (Å²) in [6.45, 7) is 5.40. The van der Waals surface area contributed by atoms with Crippen molar-refractivity contribution in [3.8, 4) is 0 Å². The molecule has 0 saturated carbocycles. The van der Waals surface area contributed by atoms with Crippen molar-refractivity contribution < 1.29 is 4.74 Å². The second kappa shape index (κ2) is 2.32. The summed E-state index contributed by atoms with van der Waals surface area (Å²) in [5, 5.41) is 2.10. The first-order valence-corrected chi connectivity index (χ1v) is 4.73. The fraction of sp³-hybridized carbons (Fsp3) is 0.556. The van der Waals surface area contributed by atoms with Crippen LogP contribution in [0.3, 0.4) is 0 Å². The molecule has 0 unspecified atom stereocenters. The van der Waals surface area contributed by atoms with Crippen molar-refractivity contribution >= 4 is 11.3 Å². The summed E-state index contributed by atoms with van der Waals surface area (Å²) in [5.74, 6) is 0. The minimum Gasteiger partial charge on any atom is -0.371 e. The van der Waals surface area contributed by atoms with Crippen LogP contribution in [-0.2, 0) is 4.74 Å². The maximum Gasteiger partial charge on any atom is 0.0989 e. The molecule has 0 amide bonds. The fourth-order valence-corrected chi connectivity index (χ4v) is 2.39. The molecule has 0 N–H and O–H groups in total. The van der Waals surface area contributed by atoms with Crippen molar-refractivity contribution in [1.82, 2.24) is 0 Å². The van der Waals surface area contributed by atoms with Crippen molar-refractivity contribution in [2.24, 2.45) is 5.41 Å². The van der Waals surface area contributed by atoms with Gasteiger partial charge in [0.05, 0.1) is 12.7 Å². The molecule has 60 valence electrons. The molecule has 1 nitrogen and oxygen atoms in total. The SMILES string of the molecule is CC1(C)CO[C@@H]1c1cccs1. The third-order valence-corrected chi connectivity index (χ3v) is 3.05. The molecule has 1 aromatic rings. The predicted molar refractivity (Wildman–Crippen MR) is 46.8 cm³/mol. The van der Waals surface area contributed by atoms with Crippen molar-refractivity contribution in [2.75, 3.05) is 6.61 Å². The lowest BCUT2D eigenvalue weighted by Crippen LogP contribution is -2.39. The highest BCUT2D eigenvalue weighted by molar-refractivity contribution is 7.10. The van der Waals surface area contributed by atoms with Gasteiger partial charge >= 0.3 is 0 Å². The molecule has 0 spiro atoms. The van der Waals surface area contributed by atoms with Gasteiger partial charge in [0.2, 0.25) is 0 Å². The van der Waals surface area contributed by atoms with Crippen LogP contribution < -0.4 is 0 Å². The van der Waals surface area contributed by atoms with E-state index in [9.17, 15) is 0 Å². The van der Waals surface area contributed by atoms with Crippen molar-refractivity contribution in [3.63, 3.8) is 0 Å². The summed E-state index contributed by atoms with van der Waals surface area (Å²) in [5.41, 5.74) is 0.352. The highest BCUT2D eigenvalue weighted by Gasteiger charge is 2.41. The minimum atomic E-state index is 0.350. The van der Waals surface area contributed by atoms with Crippen LogP contribution in [0.25, 0.3) is 0 Å². The molecule has 0 aromatic carbocycles. The van der Waals surface area contributed by atoms with Gasteiger partial charge in [0.15, 0.2) is 0 Å². The molecule has 1 aliphatic rings. The van der Waals surface area contributed by atoms with Crippen LogP contribution in [0.4, 0.5) is 0 Å². The van der Waals surface area contributed by atoms with Crippen LogP contribution in [0.2, 0.25) is 0 Å². The van der Waals surface area contributed by atoms with E-state index in [4.69, 9.17) is 4.74 Å². The molecular formula is C9H12OS. The van der Waals surface area contributed by atoms with E-state index in [2.05, 4.69) is 31.4 Å². The summed E-state index contributed by atoms with van der Waals surface area (Å²) in [6.07, 6.45) is 0.350. The van der Waals surface area contributed by atoms with E-state index < -0.39 is 0 Å². The zero-order chi connectivity index (χ0) is 7.90. The zero-order valence-electron chi connectivity index (χ0n) is 6.83. The van der Waals surface area contributed by atoms with Gasteiger partial charge in [-0.3, -0.25) is 0 Å². The van der Waals surface area contributed by atoms with E-state index in [0.717, 1.165) is 6.61 Å². The molecule has 0 radical (unpaired) electrons. The van der Waals surface area contributed by atoms with Gasteiger partial charge in [-0.05, 0) is 11.4 Å². The first kappa shape index (κ1) is 7.32. The third-order valence-electron chi connectivity index (χ3n) is 2.13. The van der Waals surface area contributed by atoms with Crippen LogP contribution >= 0.6 is 11.3 Å². The normalized spacial score (nSPS) is 28.0. The molecular weight excluding hydrogens is 156 g/mol. The highest BCUT2D eigenvalue weighted by Crippen LogP contribution is 2.46. The molecule has 2 rings (SSSR count). The summed E-state index contributed by atoms with van der Waals surface area (Å²) in [6, 6.07) is 4.23. The van der Waals surface area contributed by atoms with Crippen LogP contribution in [0, 0.1) is 5.41 Å². The highest BCUT2D eigenvalue weighted by atomic mass is 32.1. The molecule has 0 bridgehead atoms. The van der Waals surface area contributed by atoms with E-state index in [0.29, 0.717) is 11.5 Å². The predicted octanol–water partition coefficient (Wildman–Crippen LogP) is 2.85. The Morgan fingerprint density at radius 2 is 2.45 bits per heavy atom. The van der Waals surface area contributed by atoms with Gasteiger partial charge in [0.1, 0.15) is 0 Å². The number of hydrogen-bond acceptors (Lipinski definition) is 2. The average molecular weight is 168 g/mol. The number of rotatable bonds is 1. The first-order valence-electron chi connectivity index (χ1n) is 3.85. The van der Waals surface area contributed by atoms with Crippen LogP contribution in [0.5, 0.6) is 0 Å². The minimum absolute atomic E-state index is 0.350. The summed E-state index contributed by atoms with van der Waals surface area (Å²) >= 11 is 1.78. The van der Waals surface area contributed by atoms with Crippen molar-refractivity contribution in [3.05, 3.63) is 22.4 Å². The quantitative estimate of drug-likeness (QED) is 0.626. The van der Waals surface area contributed by atoms with Crippen LogP contribution in [0.1, 0.15) is 24.8 Å². The van der Waals surface area contributed by atoms with Crippen LogP contribution in [-0.4, -0.2) is 6.61 Å². The monoisotopic (exact) mass is 168 g/mol. The number of hydrogen-bond donors (Lipinski definition) is 0. The summed E-state index contributed by atoms with van der Waals surface area (Å²) in [7, 11) is 0. The Morgan fingerprint density at radius 3 is 2.82 bits per heavy atom. The second-order valence-corrected chi connectivity index (χ2v) is 4.67. The van der Waals surface area contributed by atoms with Crippen molar-refractivity contribution in [1.29, 1.82) is 0 Å². The molecule has 1 aromatic heterocycles. The van der Waals surface area contributed by atoms with Gasteiger partial charge in [-0.1, -0.05) is 19.9 Å². The molecule has 0 aliphatic carbocycles. The van der Waals surface area contributed by atoms with E-state index in [-0.39, 0.29) is 0 Å². The molecule has 2 heterocycles. The van der Waals surface area contributed by atoms with Gasteiger partial charge < -0.3 is 4.74 Å². The molecule has 1 aliphatic heterocycles. The Balaban J connectivity index is 2.20. The van der Waals surface area contributed by atoms with Crippen molar-refractivity contribution in [2.45, 2.75) is 20.0 Å². The van der Waals surface area contributed by atoms with Gasteiger partial charge in [-0.25, -0.2) is 0 Å². The van der Waals surface area contributed by atoms with E-state index in [1.54, 1.807) is 11.3 Å². The first-order chi connectivity index (χ1) is 5.20. The third kappa shape index (κ3) is 1.10. The topological polar surface area (TPSA) is 9.23 Å². The lowest BCUT2D eigenvalue weighted by molar-refractivity contribution is -0.170. The Bertz CT molecular complexity index is 238. The maximum absolute atomic E-state index is 5.50. The molecule has 1 fully saturated rings. The van der Waals surface area contributed by atoms with E-state index in [1.165, 1.54) is 4.88 Å². The van der Waals surface area contributed by atoms with Gasteiger partial charge in [0, 0.05) is 10.3 Å². The number of thiophene rings is 1. The Kier molecular flexibility index (Phi) is 1.55. The fourth-order valence-electron chi connectivity index (χ4n) is 1.41. The Hall–Kier alpha value is -0.340. The van der Waals surface area contributed by atoms with Crippen LogP contribution in [0.15, 0.2) is 17.5 Å². The number of ether oxygens (including phenoxy) is 1. The standard InChI is InChI=1S/C9H12OS/c1-9(2)6-10-8(9)7-4-3-5-11-7/h3-5,8H,6H2,1-2H3/t8-/m1/s1.